The van der Waals surface area contributed by atoms with Crippen molar-refractivity contribution in [2.24, 2.45) is 0 Å². The van der Waals surface area contributed by atoms with Crippen molar-refractivity contribution in [2.45, 2.75) is 18.8 Å². The normalized spacial score (nSPS) is 18.9. The number of hydrogen-bond acceptors (Lipinski definition) is 4. The monoisotopic (exact) mass is 358 g/mol. The zero-order chi connectivity index (χ0) is 17.9. The molecule has 4 rings (SSSR count). The first-order valence-electron chi connectivity index (χ1n) is 9.15. The fourth-order valence-corrected chi connectivity index (χ4v) is 3.76. The second kappa shape index (κ2) is 7.55. The van der Waals surface area contributed by atoms with Gasteiger partial charge in [-0.15, -0.1) is 0 Å². The first kappa shape index (κ1) is 17.2. The Morgan fingerprint density at radius 3 is 2.73 bits per heavy atom. The lowest BCUT2D eigenvalue weighted by molar-refractivity contribution is 0.0301. The molecular formula is C19H23FN4O2. The lowest BCUT2D eigenvalue weighted by Crippen LogP contribution is -2.41. The van der Waals surface area contributed by atoms with Crippen LogP contribution in [0, 0.1) is 5.82 Å². The summed E-state index contributed by atoms with van der Waals surface area (Å²) in [4.78, 5) is 14.9. The van der Waals surface area contributed by atoms with Crippen LogP contribution in [-0.2, 0) is 4.74 Å². The van der Waals surface area contributed by atoms with E-state index in [-0.39, 0.29) is 17.6 Å². The quantitative estimate of drug-likeness (QED) is 0.911. The van der Waals surface area contributed by atoms with Gasteiger partial charge in [-0.3, -0.25) is 4.79 Å². The van der Waals surface area contributed by atoms with Gasteiger partial charge in [0, 0.05) is 19.0 Å². The van der Waals surface area contributed by atoms with Crippen LogP contribution in [0.2, 0.25) is 0 Å². The Morgan fingerprint density at radius 1 is 1.23 bits per heavy atom. The molecular weight excluding hydrogens is 335 g/mol. The van der Waals surface area contributed by atoms with Crippen molar-refractivity contribution in [3.63, 3.8) is 0 Å². The number of aromatic nitrogens is 2. The number of nitrogens with zero attached hydrogens (tertiary/aromatic N) is 3. The highest BCUT2D eigenvalue weighted by atomic mass is 19.1. The van der Waals surface area contributed by atoms with Crippen LogP contribution in [-0.4, -0.2) is 60.0 Å². The zero-order valence-corrected chi connectivity index (χ0v) is 14.7. The Balaban J connectivity index is 1.74. The van der Waals surface area contributed by atoms with Gasteiger partial charge < -0.3 is 15.0 Å². The number of carbonyl (C=O) groups excluding carboxylic acids is 1. The van der Waals surface area contributed by atoms with Crippen molar-refractivity contribution in [1.29, 1.82) is 0 Å². The minimum atomic E-state index is -0.310. The molecule has 0 unspecified atom stereocenters. The second-order valence-corrected chi connectivity index (χ2v) is 6.76. The average molecular weight is 358 g/mol. The lowest BCUT2D eigenvalue weighted by Gasteiger charge is -2.29. The van der Waals surface area contributed by atoms with Crippen molar-refractivity contribution < 1.29 is 13.9 Å². The second-order valence-electron chi connectivity index (χ2n) is 6.76. The van der Waals surface area contributed by atoms with E-state index in [0.717, 1.165) is 31.6 Å². The average Bonchev–Trinajstić information content (AvgIpc) is 3.14. The van der Waals surface area contributed by atoms with Crippen LogP contribution >= 0.6 is 0 Å². The smallest absolute Gasteiger partial charge is 0.257 e. The molecule has 2 aromatic rings. The summed E-state index contributed by atoms with van der Waals surface area (Å²) in [6, 6.07) is 6.36. The number of carbonyl (C=O) groups is 1. The van der Waals surface area contributed by atoms with Crippen LogP contribution in [0.15, 0.2) is 30.5 Å². The van der Waals surface area contributed by atoms with Crippen LogP contribution in [0.25, 0.3) is 5.69 Å². The summed E-state index contributed by atoms with van der Waals surface area (Å²) in [5.41, 5.74) is 2.18. The Kier molecular flexibility index (Phi) is 4.99. The van der Waals surface area contributed by atoms with Gasteiger partial charge in [0.15, 0.2) is 0 Å². The van der Waals surface area contributed by atoms with Gasteiger partial charge >= 0.3 is 0 Å². The van der Waals surface area contributed by atoms with Crippen LogP contribution < -0.4 is 5.32 Å². The highest BCUT2D eigenvalue weighted by Crippen LogP contribution is 2.31. The SMILES string of the molecule is O=C(c1cnn(-c2cccc(F)c2)c1C1CCNCC1)N1CCOCC1. The fourth-order valence-electron chi connectivity index (χ4n) is 3.76. The van der Waals surface area contributed by atoms with Crippen LogP contribution in [0.5, 0.6) is 0 Å². The molecule has 1 aromatic heterocycles. The molecule has 3 heterocycles. The van der Waals surface area contributed by atoms with E-state index in [0.29, 0.717) is 37.6 Å². The van der Waals surface area contributed by atoms with Gasteiger partial charge in [0.25, 0.3) is 5.91 Å². The van der Waals surface area contributed by atoms with Crippen molar-refractivity contribution in [3.8, 4) is 5.69 Å². The molecule has 0 saturated carbocycles. The molecule has 2 aliphatic heterocycles. The van der Waals surface area contributed by atoms with Crippen LogP contribution in [0.1, 0.15) is 34.8 Å². The van der Waals surface area contributed by atoms with Crippen molar-refractivity contribution in [3.05, 3.63) is 47.5 Å². The van der Waals surface area contributed by atoms with Gasteiger partial charge in [0.1, 0.15) is 5.82 Å². The van der Waals surface area contributed by atoms with Gasteiger partial charge in [-0.25, -0.2) is 9.07 Å². The molecule has 1 amide bonds. The largest absolute Gasteiger partial charge is 0.378 e. The van der Waals surface area contributed by atoms with E-state index in [1.165, 1.54) is 12.1 Å². The van der Waals surface area contributed by atoms with E-state index in [4.69, 9.17) is 4.74 Å². The maximum atomic E-state index is 13.7. The first-order chi connectivity index (χ1) is 12.7. The van der Waals surface area contributed by atoms with Crippen LogP contribution in [0.3, 0.4) is 0 Å². The topological polar surface area (TPSA) is 59.4 Å². The number of benzene rings is 1. The van der Waals surface area contributed by atoms with Crippen molar-refractivity contribution in [2.75, 3.05) is 39.4 Å². The summed E-state index contributed by atoms with van der Waals surface area (Å²) >= 11 is 0. The minimum absolute atomic E-state index is 0.00974. The molecule has 138 valence electrons. The Hall–Kier alpha value is -2.25. The number of nitrogens with one attached hydrogen (secondary N) is 1. The maximum absolute atomic E-state index is 13.7. The number of rotatable bonds is 3. The molecule has 2 aliphatic rings. The number of ether oxygens (including phenoxy) is 1. The summed E-state index contributed by atoms with van der Waals surface area (Å²) in [5.74, 6) is -0.0955. The molecule has 6 nitrogen and oxygen atoms in total. The van der Waals surface area contributed by atoms with Gasteiger partial charge in [0.05, 0.1) is 36.4 Å². The third-order valence-corrected chi connectivity index (χ3v) is 5.11. The molecule has 0 atom stereocenters. The van der Waals surface area contributed by atoms with Gasteiger partial charge in [0.2, 0.25) is 0 Å². The van der Waals surface area contributed by atoms with Gasteiger partial charge in [-0.05, 0) is 44.1 Å². The van der Waals surface area contributed by atoms with Crippen molar-refractivity contribution >= 4 is 5.91 Å². The Bertz CT molecular complexity index is 780. The number of morpholine rings is 1. The number of piperidine rings is 1. The maximum Gasteiger partial charge on any atom is 0.257 e. The Labute approximate surface area is 151 Å². The highest BCUT2D eigenvalue weighted by Gasteiger charge is 2.29. The van der Waals surface area contributed by atoms with E-state index in [1.54, 1.807) is 16.9 Å². The van der Waals surface area contributed by atoms with E-state index >= 15 is 0 Å². The summed E-state index contributed by atoms with van der Waals surface area (Å²) in [6.45, 7) is 4.12. The third-order valence-electron chi connectivity index (χ3n) is 5.11. The molecule has 26 heavy (non-hydrogen) atoms. The van der Waals surface area contributed by atoms with Crippen molar-refractivity contribution in [1.82, 2.24) is 20.0 Å². The molecule has 2 saturated heterocycles. The molecule has 0 radical (unpaired) electrons. The fraction of sp³-hybridized carbons (Fsp3) is 0.474. The predicted molar refractivity (Wildman–Crippen MR) is 95.1 cm³/mol. The summed E-state index contributed by atoms with van der Waals surface area (Å²) in [6.07, 6.45) is 3.51. The molecule has 0 bridgehead atoms. The molecule has 1 N–H and O–H groups in total. The first-order valence-corrected chi connectivity index (χ1v) is 9.15. The van der Waals surface area contributed by atoms with Gasteiger partial charge in [-0.2, -0.15) is 5.10 Å². The number of hydrogen-bond donors (Lipinski definition) is 1. The molecule has 1 aromatic carbocycles. The van der Waals surface area contributed by atoms with E-state index in [9.17, 15) is 9.18 Å². The molecule has 2 fully saturated rings. The summed E-state index contributed by atoms with van der Waals surface area (Å²) in [7, 11) is 0. The molecule has 7 heteroatoms. The predicted octanol–water partition coefficient (Wildman–Crippen LogP) is 1.95. The number of amides is 1. The van der Waals surface area contributed by atoms with E-state index in [2.05, 4.69) is 10.4 Å². The number of halogens is 1. The standard InChI is InChI=1S/C19H23FN4O2/c20-15-2-1-3-16(12-15)24-18(14-4-6-21-7-5-14)17(13-22-24)19(25)23-8-10-26-11-9-23/h1-3,12-14,21H,4-11H2. The summed E-state index contributed by atoms with van der Waals surface area (Å²) < 4.78 is 20.8. The summed E-state index contributed by atoms with van der Waals surface area (Å²) in [5, 5.41) is 7.82. The van der Waals surface area contributed by atoms with E-state index in [1.807, 2.05) is 11.0 Å². The lowest BCUT2D eigenvalue weighted by atomic mass is 9.91. The van der Waals surface area contributed by atoms with Gasteiger partial charge in [-0.1, -0.05) is 6.07 Å². The zero-order valence-electron chi connectivity index (χ0n) is 14.7. The minimum Gasteiger partial charge on any atom is -0.378 e. The Morgan fingerprint density at radius 2 is 2.00 bits per heavy atom. The van der Waals surface area contributed by atoms with E-state index < -0.39 is 0 Å². The highest BCUT2D eigenvalue weighted by molar-refractivity contribution is 5.95. The molecule has 0 aliphatic carbocycles. The molecule has 0 spiro atoms. The van der Waals surface area contributed by atoms with Crippen LogP contribution in [0.4, 0.5) is 4.39 Å². The third kappa shape index (κ3) is 3.37.